The molecule has 0 aliphatic carbocycles. The lowest BCUT2D eigenvalue weighted by molar-refractivity contribution is -0.143. The fourth-order valence-corrected chi connectivity index (χ4v) is 2.35. The zero-order valence-electron chi connectivity index (χ0n) is 16.8. The summed E-state index contributed by atoms with van der Waals surface area (Å²) >= 11 is 0. The Hall–Kier alpha value is -3.22. The van der Waals surface area contributed by atoms with Crippen molar-refractivity contribution in [3.05, 3.63) is 0 Å². The van der Waals surface area contributed by atoms with E-state index in [0.29, 0.717) is 0 Å². The lowest BCUT2D eigenvalue weighted by Crippen LogP contribution is -2.54. The van der Waals surface area contributed by atoms with Crippen molar-refractivity contribution in [1.29, 1.82) is 0 Å². The second-order valence-electron chi connectivity index (χ2n) is 7.08. The van der Waals surface area contributed by atoms with Gasteiger partial charge in [0.1, 0.15) is 12.1 Å². The Labute approximate surface area is 172 Å². The molecule has 0 aromatic heterocycles. The van der Waals surface area contributed by atoms with Crippen molar-refractivity contribution < 1.29 is 39.0 Å². The summed E-state index contributed by atoms with van der Waals surface area (Å²) in [5.74, 6) is -5.79. The number of hydrogen-bond acceptors (Lipinski definition) is 7. The maximum absolute atomic E-state index is 12.4. The third kappa shape index (κ3) is 11.6. The summed E-state index contributed by atoms with van der Waals surface area (Å²) in [7, 11) is 0. The molecule has 170 valence electrons. The topological polar surface area (TPSA) is 231 Å². The summed E-state index contributed by atoms with van der Waals surface area (Å²) < 4.78 is 0. The molecule has 0 bridgehead atoms. The zero-order chi connectivity index (χ0) is 23.4. The Morgan fingerprint density at radius 3 is 2.00 bits per heavy atom. The third-order valence-electron chi connectivity index (χ3n) is 3.80. The molecule has 0 aliphatic rings. The average Bonchev–Trinajstić information content (AvgIpc) is 2.60. The van der Waals surface area contributed by atoms with Gasteiger partial charge in [0.2, 0.25) is 23.6 Å². The minimum absolute atomic E-state index is 0.0538. The Morgan fingerprint density at radius 1 is 0.933 bits per heavy atom. The fraction of sp³-hybridized carbons (Fsp3) is 0.647. The van der Waals surface area contributed by atoms with E-state index in [0.717, 1.165) is 0 Å². The zero-order valence-corrected chi connectivity index (χ0v) is 16.8. The number of rotatable bonds is 14. The lowest BCUT2D eigenvalue weighted by Gasteiger charge is -2.23. The molecule has 0 aliphatic heterocycles. The molecular formula is C17H29N5O8. The number of hydrogen-bond donors (Lipinski definition) is 7. The van der Waals surface area contributed by atoms with Gasteiger partial charge in [-0.25, -0.2) is 4.79 Å². The van der Waals surface area contributed by atoms with Crippen molar-refractivity contribution in [1.82, 2.24) is 16.0 Å². The smallest absolute Gasteiger partial charge is 0.326 e. The van der Waals surface area contributed by atoms with Crippen molar-refractivity contribution in [2.24, 2.45) is 17.4 Å². The standard InChI is InChI=1S/C17H29N5O8/c1-8(2)5-11(16(28)22-10(17(29)30)3-4-14(25)26)21-13(24)7-20-15(27)9(18)6-12(19)23/h8-11H,3-7,18H2,1-2H3,(H2,19,23)(H,20,27)(H,21,24)(H,22,28)(H,25,26)(H,29,30). The number of carboxylic acid groups (broad SMARTS) is 2. The molecule has 0 rings (SSSR count). The highest BCUT2D eigenvalue weighted by molar-refractivity contribution is 5.93. The first-order valence-corrected chi connectivity index (χ1v) is 9.19. The first kappa shape index (κ1) is 26.8. The van der Waals surface area contributed by atoms with Crippen LogP contribution < -0.4 is 27.4 Å². The maximum Gasteiger partial charge on any atom is 0.326 e. The van der Waals surface area contributed by atoms with E-state index in [1.807, 2.05) is 0 Å². The molecule has 9 N–H and O–H groups in total. The quantitative estimate of drug-likeness (QED) is 0.151. The molecule has 0 spiro atoms. The Balaban J connectivity index is 4.92. The van der Waals surface area contributed by atoms with E-state index < -0.39 is 73.1 Å². The van der Waals surface area contributed by atoms with Gasteiger partial charge in [-0.1, -0.05) is 13.8 Å². The van der Waals surface area contributed by atoms with Gasteiger partial charge in [0, 0.05) is 6.42 Å². The van der Waals surface area contributed by atoms with Crippen LogP contribution >= 0.6 is 0 Å². The van der Waals surface area contributed by atoms with Crippen LogP contribution in [0.4, 0.5) is 0 Å². The van der Waals surface area contributed by atoms with Crippen molar-refractivity contribution in [2.75, 3.05) is 6.54 Å². The van der Waals surface area contributed by atoms with E-state index in [9.17, 15) is 28.8 Å². The number of carboxylic acids is 2. The molecule has 3 unspecified atom stereocenters. The van der Waals surface area contributed by atoms with E-state index in [1.165, 1.54) is 0 Å². The number of carbonyl (C=O) groups excluding carboxylic acids is 4. The summed E-state index contributed by atoms with van der Waals surface area (Å²) in [6.45, 7) is 3.01. The number of nitrogens with one attached hydrogen (secondary N) is 3. The van der Waals surface area contributed by atoms with Gasteiger partial charge in [0.25, 0.3) is 0 Å². The van der Waals surface area contributed by atoms with Crippen LogP contribution in [-0.4, -0.2) is 70.5 Å². The van der Waals surface area contributed by atoms with E-state index in [1.54, 1.807) is 13.8 Å². The van der Waals surface area contributed by atoms with Crippen LogP contribution in [-0.2, 0) is 28.8 Å². The second kappa shape index (κ2) is 13.1. The van der Waals surface area contributed by atoms with Gasteiger partial charge < -0.3 is 37.6 Å². The molecule has 0 heterocycles. The Morgan fingerprint density at radius 2 is 1.53 bits per heavy atom. The molecule has 4 amide bonds. The second-order valence-corrected chi connectivity index (χ2v) is 7.08. The summed E-state index contributed by atoms with van der Waals surface area (Å²) in [5.41, 5.74) is 10.4. The van der Waals surface area contributed by atoms with E-state index in [2.05, 4.69) is 16.0 Å². The van der Waals surface area contributed by atoms with Gasteiger partial charge in [0.05, 0.1) is 19.0 Å². The molecule has 3 atom stereocenters. The average molecular weight is 431 g/mol. The van der Waals surface area contributed by atoms with Crippen LogP contribution in [0.2, 0.25) is 0 Å². The number of carbonyl (C=O) groups is 6. The largest absolute Gasteiger partial charge is 0.481 e. The number of amides is 4. The van der Waals surface area contributed by atoms with Gasteiger partial charge in [-0.3, -0.25) is 24.0 Å². The van der Waals surface area contributed by atoms with Crippen LogP contribution in [0.3, 0.4) is 0 Å². The number of primary amides is 1. The summed E-state index contributed by atoms with van der Waals surface area (Å²) in [5, 5.41) is 24.6. The van der Waals surface area contributed by atoms with Gasteiger partial charge in [-0.15, -0.1) is 0 Å². The first-order chi connectivity index (χ1) is 13.8. The molecule has 0 saturated carbocycles. The minimum atomic E-state index is -1.44. The molecule has 0 saturated heterocycles. The molecule has 13 nitrogen and oxygen atoms in total. The first-order valence-electron chi connectivity index (χ1n) is 9.19. The molecular weight excluding hydrogens is 402 g/mol. The molecule has 0 fully saturated rings. The molecule has 0 aromatic carbocycles. The van der Waals surface area contributed by atoms with Crippen molar-refractivity contribution in [2.45, 2.75) is 57.7 Å². The lowest BCUT2D eigenvalue weighted by atomic mass is 10.0. The monoisotopic (exact) mass is 431 g/mol. The predicted octanol–water partition coefficient (Wildman–Crippen LogP) is -2.73. The normalized spacial score (nSPS) is 13.6. The minimum Gasteiger partial charge on any atom is -0.481 e. The summed E-state index contributed by atoms with van der Waals surface area (Å²) in [6.07, 6.45) is -1.03. The number of nitrogens with two attached hydrogens (primary N) is 2. The Bertz CT molecular complexity index is 667. The molecule has 30 heavy (non-hydrogen) atoms. The Kier molecular flexibility index (Phi) is 11.7. The van der Waals surface area contributed by atoms with Crippen molar-refractivity contribution in [3.8, 4) is 0 Å². The van der Waals surface area contributed by atoms with Gasteiger partial charge in [-0.05, 0) is 18.8 Å². The van der Waals surface area contributed by atoms with E-state index in [4.69, 9.17) is 21.7 Å². The third-order valence-corrected chi connectivity index (χ3v) is 3.80. The van der Waals surface area contributed by atoms with Crippen LogP contribution in [0.15, 0.2) is 0 Å². The highest BCUT2D eigenvalue weighted by atomic mass is 16.4. The van der Waals surface area contributed by atoms with E-state index in [-0.39, 0.29) is 18.8 Å². The summed E-state index contributed by atoms with van der Waals surface area (Å²) in [4.78, 5) is 68.9. The maximum atomic E-state index is 12.4. The summed E-state index contributed by atoms with van der Waals surface area (Å²) in [6, 6.07) is -3.78. The van der Waals surface area contributed by atoms with Crippen LogP contribution in [0.1, 0.15) is 39.5 Å². The SMILES string of the molecule is CC(C)CC(NC(=O)CNC(=O)C(N)CC(N)=O)C(=O)NC(CCC(=O)O)C(=O)O. The van der Waals surface area contributed by atoms with Gasteiger partial charge in [-0.2, -0.15) is 0 Å². The van der Waals surface area contributed by atoms with Crippen LogP contribution in [0.5, 0.6) is 0 Å². The van der Waals surface area contributed by atoms with Crippen LogP contribution in [0, 0.1) is 5.92 Å². The number of aliphatic carboxylic acids is 2. The van der Waals surface area contributed by atoms with Crippen molar-refractivity contribution >= 4 is 35.6 Å². The molecule has 0 radical (unpaired) electrons. The fourth-order valence-electron chi connectivity index (χ4n) is 2.35. The van der Waals surface area contributed by atoms with Gasteiger partial charge >= 0.3 is 11.9 Å². The van der Waals surface area contributed by atoms with Crippen molar-refractivity contribution in [3.63, 3.8) is 0 Å². The predicted molar refractivity (Wildman–Crippen MR) is 103 cm³/mol. The highest BCUT2D eigenvalue weighted by Crippen LogP contribution is 2.07. The van der Waals surface area contributed by atoms with Crippen LogP contribution in [0.25, 0.3) is 0 Å². The highest BCUT2D eigenvalue weighted by Gasteiger charge is 2.27. The van der Waals surface area contributed by atoms with Gasteiger partial charge in [0.15, 0.2) is 0 Å². The van der Waals surface area contributed by atoms with E-state index >= 15 is 0 Å². The molecule has 0 aromatic rings. The molecule has 13 heteroatoms.